The number of carbonyl (C=O) groups excluding carboxylic acids is 1. The van der Waals surface area contributed by atoms with Gasteiger partial charge in [0.15, 0.2) is 6.54 Å². The number of nitrogens with one attached hydrogen (secondary N) is 2. The average Bonchev–Trinajstić information content (AvgIpc) is 2.41. The maximum atomic E-state index is 12.2. The first-order valence-corrected chi connectivity index (χ1v) is 7.36. The van der Waals surface area contributed by atoms with Crippen LogP contribution in [0.2, 0.25) is 0 Å². The van der Waals surface area contributed by atoms with E-state index in [2.05, 4.69) is 12.2 Å². The third-order valence-electron chi connectivity index (χ3n) is 4.02. The number of benzene rings is 1. The van der Waals surface area contributed by atoms with E-state index < -0.39 is 0 Å². The lowest BCUT2D eigenvalue weighted by atomic mass is 9.99. The van der Waals surface area contributed by atoms with E-state index in [1.807, 2.05) is 25.1 Å². The lowest BCUT2D eigenvalue weighted by Crippen LogP contribution is -3.14. The number of rotatable bonds is 4. The van der Waals surface area contributed by atoms with Gasteiger partial charge in [0.1, 0.15) is 5.75 Å². The van der Waals surface area contributed by atoms with Crippen molar-refractivity contribution in [3.8, 4) is 5.75 Å². The van der Waals surface area contributed by atoms with Crippen molar-refractivity contribution < 1.29 is 14.4 Å². The summed E-state index contributed by atoms with van der Waals surface area (Å²) in [7, 11) is 1.62. The minimum atomic E-state index is 0.0680. The van der Waals surface area contributed by atoms with E-state index in [-0.39, 0.29) is 5.91 Å². The molecule has 4 nitrogen and oxygen atoms in total. The first kappa shape index (κ1) is 14.9. The average molecular weight is 277 g/mol. The van der Waals surface area contributed by atoms with Crippen molar-refractivity contribution in [1.29, 1.82) is 0 Å². The summed E-state index contributed by atoms with van der Waals surface area (Å²) in [5.74, 6) is 1.59. The molecule has 4 heteroatoms. The summed E-state index contributed by atoms with van der Waals surface area (Å²) in [5.41, 5.74) is 1.88. The minimum Gasteiger partial charge on any atom is -0.495 e. The fraction of sp³-hybridized carbons (Fsp3) is 0.562. The molecule has 0 bridgehead atoms. The summed E-state index contributed by atoms with van der Waals surface area (Å²) >= 11 is 0. The van der Waals surface area contributed by atoms with Gasteiger partial charge < -0.3 is 15.0 Å². The molecule has 1 aliphatic heterocycles. The van der Waals surface area contributed by atoms with Crippen molar-refractivity contribution in [3.05, 3.63) is 23.8 Å². The van der Waals surface area contributed by atoms with Crippen LogP contribution in [0.15, 0.2) is 18.2 Å². The summed E-state index contributed by atoms with van der Waals surface area (Å²) in [6.45, 7) is 7.03. The van der Waals surface area contributed by atoms with Crippen LogP contribution in [0.25, 0.3) is 0 Å². The van der Waals surface area contributed by atoms with Crippen LogP contribution in [-0.4, -0.2) is 32.7 Å². The molecule has 0 aromatic heterocycles. The second kappa shape index (κ2) is 6.75. The SMILES string of the molecule is COc1ccc(C)cc1NC(=O)C[NH+]1CCC(C)CC1. The van der Waals surface area contributed by atoms with E-state index >= 15 is 0 Å². The van der Waals surface area contributed by atoms with Gasteiger partial charge in [0.2, 0.25) is 0 Å². The molecule has 110 valence electrons. The second-order valence-corrected chi connectivity index (χ2v) is 5.86. The van der Waals surface area contributed by atoms with Gasteiger partial charge in [-0.1, -0.05) is 13.0 Å². The third-order valence-corrected chi connectivity index (χ3v) is 4.02. The van der Waals surface area contributed by atoms with Crippen molar-refractivity contribution in [2.75, 3.05) is 32.1 Å². The highest BCUT2D eigenvalue weighted by Gasteiger charge is 2.21. The molecule has 1 heterocycles. The topological polar surface area (TPSA) is 42.8 Å². The van der Waals surface area contributed by atoms with Gasteiger partial charge in [0.25, 0.3) is 5.91 Å². The summed E-state index contributed by atoms with van der Waals surface area (Å²) < 4.78 is 5.28. The Morgan fingerprint density at radius 2 is 2.10 bits per heavy atom. The van der Waals surface area contributed by atoms with Gasteiger partial charge in [-0.2, -0.15) is 0 Å². The van der Waals surface area contributed by atoms with Gasteiger partial charge >= 0.3 is 0 Å². The predicted molar refractivity (Wildman–Crippen MR) is 80.3 cm³/mol. The van der Waals surface area contributed by atoms with Crippen molar-refractivity contribution >= 4 is 11.6 Å². The van der Waals surface area contributed by atoms with E-state index in [0.29, 0.717) is 12.3 Å². The van der Waals surface area contributed by atoms with Gasteiger partial charge in [0.05, 0.1) is 25.9 Å². The molecule has 0 radical (unpaired) electrons. The van der Waals surface area contributed by atoms with E-state index in [1.165, 1.54) is 17.7 Å². The summed E-state index contributed by atoms with van der Waals surface area (Å²) in [6.07, 6.45) is 2.44. The summed E-state index contributed by atoms with van der Waals surface area (Å²) in [4.78, 5) is 13.5. The van der Waals surface area contributed by atoms with Gasteiger partial charge in [-0.25, -0.2) is 0 Å². The zero-order valence-electron chi connectivity index (χ0n) is 12.7. The van der Waals surface area contributed by atoms with E-state index in [4.69, 9.17) is 4.74 Å². The molecule has 2 N–H and O–H groups in total. The molecular formula is C16H25N2O2+. The Labute approximate surface area is 121 Å². The molecule has 2 rings (SSSR count). The fourth-order valence-corrected chi connectivity index (χ4v) is 2.69. The van der Waals surface area contributed by atoms with E-state index in [1.54, 1.807) is 7.11 Å². The number of carbonyl (C=O) groups is 1. The van der Waals surface area contributed by atoms with Gasteiger partial charge in [0, 0.05) is 0 Å². The van der Waals surface area contributed by atoms with Crippen molar-refractivity contribution in [2.24, 2.45) is 5.92 Å². The zero-order chi connectivity index (χ0) is 14.5. The van der Waals surface area contributed by atoms with Crippen LogP contribution in [0.1, 0.15) is 25.3 Å². The Hall–Kier alpha value is -1.55. The first-order valence-electron chi connectivity index (χ1n) is 7.36. The zero-order valence-corrected chi connectivity index (χ0v) is 12.7. The normalized spacial score (nSPS) is 22.4. The fourth-order valence-electron chi connectivity index (χ4n) is 2.69. The monoisotopic (exact) mass is 277 g/mol. The molecule has 1 amide bonds. The lowest BCUT2D eigenvalue weighted by molar-refractivity contribution is -0.897. The van der Waals surface area contributed by atoms with E-state index in [0.717, 1.165) is 30.3 Å². The first-order chi connectivity index (χ1) is 9.58. The Morgan fingerprint density at radius 3 is 2.75 bits per heavy atom. The molecule has 1 saturated heterocycles. The largest absolute Gasteiger partial charge is 0.495 e. The van der Waals surface area contributed by atoms with Gasteiger partial charge in [-0.05, 0) is 43.4 Å². The van der Waals surface area contributed by atoms with Crippen LogP contribution in [0.5, 0.6) is 5.75 Å². The number of hydrogen-bond donors (Lipinski definition) is 2. The Balaban J connectivity index is 1.92. The highest BCUT2D eigenvalue weighted by Crippen LogP contribution is 2.24. The number of amides is 1. The van der Waals surface area contributed by atoms with Crippen LogP contribution in [0.3, 0.4) is 0 Å². The number of likely N-dealkylation sites (tertiary alicyclic amines) is 1. The van der Waals surface area contributed by atoms with Crippen molar-refractivity contribution in [1.82, 2.24) is 0 Å². The van der Waals surface area contributed by atoms with Gasteiger partial charge in [-0.3, -0.25) is 4.79 Å². The van der Waals surface area contributed by atoms with Crippen LogP contribution in [0.4, 0.5) is 5.69 Å². The molecule has 1 aromatic rings. The molecule has 0 unspecified atom stereocenters. The van der Waals surface area contributed by atoms with Crippen LogP contribution in [0, 0.1) is 12.8 Å². The Morgan fingerprint density at radius 1 is 1.40 bits per heavy atom. The Kier molecular flexibility index (Phi) is 5.01. The number of anilines is 1. The molecule has 1 aliphatic rings. The molecule has 20 heavy (non-hydrogen) atoms. The summed E-state index contributed by atoms with van der Waals surface area (Å²) in [5, 5.41) is 2.98. The van der Waals surface area contributed by atoms with Crippen LogP contribution >= 0.6 is 0 Å². The highest BCUT2D eigenvalue weighted by molar-refractivity contribution is 5.93. The molecular weight excluding hydrogens is 252 g/mol. The van der Waals surface area contributed by atoms with Crippen LogP contribution in [-0.2, 0) is 4.79 Å². The van der Waals surface area contributed by atoms with Crippen molar-refractivity contribution in [2.45, 2.75) is 26.7 Å². The molecule has 0 atom stereocenters. The molecule has 0 spiro atoms. The minimum absolute atomic E-state index is 0.0680. The maximum Gasteiger partial charge on any atom is 0.279 e. The second-order valence-electron chi connectivity index (χ2n) is 5.86. The number of hydrogen-bond acceptors (Lipinski definition) is 2. The maximum absolute atomic E-state index is 12.2. The number of piperidine rings is 1. The molecule has 1 aromatic carbocycles. The number of aryl methyl sites for hydroxylation is 1. The Bertz CT molecular complexity index is 466. The third kappa shape index (κ3) is 3.97. The van der Waals surface area contributed by atoms with E-state index in [9.17, 15) is 4.79 Å². The van der Waals surface area contributed by atoms with Crippen LogP contribution < -0.4 is 15.0 Å². The molecule has 1 fully saturated rings. The standard InChI is InChI=1S/C16H24N2O2/c1-12-6-8-18(9-7-12)11-16(19)17-14-10-13(2)4-5-15(14)20-3/h4-5,10,12H,6-9,11H2,1-3H3,(H,17,19)/p+1. The van der Waals surface area contributed by atoms with Crippen molar-refractivity contribution in [3.63, 3.8) is 0 Å². The number of methoxy groups -OCH3 is 1. The smallest absolute Gasteiger partial charge is 0.279 e. The highest BCUT2D eigenvalue weighted by atomic mass is 16.5. The quantitative estimate of drug-likeness (QED) is 0.870. The predicted octanol–water partition coefficient (Wildman–Crippen LogP) is 1.26. The molecule has 0 aliphatic carbocycles. The lowest BCUT2D eigenvalue weighted by Gasteiger charge is -2.26. The van der Waals surface area contributed by atoms with Gasteiger partial charge in [-0.15, -0.1) is 0 Å². The molecule has 0 saturated carbocycles. The summed E-state index contributed by atoms with van der Waals surface area (Å²) in [6, 6.07) is 5.82. The number of quaternary nitrogens is 1. The number of ether oxygens (including phenoxy) is 1.